The minimum Gasteiger partial charge on any atom is -0.190 e. The Labute approximate surface area is 233 Å². The monoisotopic (exact) mass is 706 g/mol. The van der Waals surface area contributed by atoms with E-state index in [9.17, 15) is 5.11 Å². The van der Waals surface area contributed by atoms with Gasteiger partial charge in [0.15, 0.2) is 17.3 Å². The largest absolute Gasteiger partial charge is 0.286 e. The minimum absolute atomic E-state index is 2.62. The molecule has 0 aromatic carbocycles. The Kier molecular flexibility index (Phi) is 10.6. The van der Waals surface area contributed by atoms with E-state index in [1.54, 1.807) is 0 Å². The Morgan fingerprint density at radius 2 is 0.500 bits per heavy atom. The van der Waals surface area contributed by atoms with Gasteiger partial charge in [0.1, 0.15) is 0 Å². The first-order valence-electron chi connectivity index (χ1n) is 5.17. The van der Waals surface area contributed by atoms with Crippen molar-refractivity contribution in [3.63, 3.8) is 0 Å². The zero-order chi connectivity index (χ0) is 22.0. The number of halogens is 17. The summed E-state index contributed by atoms with van der Waals surface area (Å²) in [4.78, 5) is 0. The van der Waals surface area contributed by atoms with Crippen molar-refractivity contribution < 1.29 is 5.11 Å². The van der Waals surface area contributed by atoms with Crippen LogP contribution >= 0.6 is 197 Å². The van der Waals surface area contributed by atoms with Crippen molar-refractivity contribution in [1.82, 2.24) is 0 Å². The van der Waals surface area contributed by atoms with E-state index in [1.165, 1.54) is 0 Å². The lowest BCUT2D eigenvalue weighted by Gasteiger charge is -2.53. The lowest BCUT2D eigenvalue weighted by atomic mass is 10.0. The van der Waals surface area contributed by atoms with E-state index in [4.69, 9.17) is 197 Å². The van der Waals surface area contributed by atoms with E-state index in [-0.39, 0.29) is 0 Å². The van der Waals surface area contributed by atoms with Crippen LogP contribution in [0.1, 0.15) is 0 Å². The summed E-state index contributed by atoms with van der Waals surface area (Å²) in [5, 5.41) is 11.9. The molecule has 0 heterocycles. The highest BCUT2D eigenvalue weighted by Crippen LogP contribution is 2.72. The lowest BCUT2D eigenvalue weighted by molar-refractivity contribution is 0.0980. The van der Waals surface area contributed by atoms with Gasteiger partial charge in [0.25, 0.3) is 4.52 Å². The summed E-state index contributed by atoms with van der Waals surface area (Å²) in [6.07, 6.45) is 0. The molecule has 0 bridgehead atoms. The number of alkyl halides is 17. The van der Waals surface area contributed by atoms with Crippen LogP contribution in [-0.4, -0.2) is 34.3 Å². The maximum absolute atomic E-state index is 11.9. The highest BCUT2D eigenvalue weighted by atomic mass is 35.6. The van der Waals surface area contributed by atoms with Gasteiger partial charge in [-0.2, -0.15) is 5.11 Å². The summed E-state index contributed by atoms with van der Waals surface area (Å²) in [6.45, 7) is 0. The van der Waals surface area contributed by atoms with Crippen LogP contribution in [0, 0.1) is 0 Å². The Morgan fingerprint density at radius 1 is 0.308 bits per heavy atom. The molecule has 0 saturated heterocycles. The third-order valence-electron chi connectivity index (χ3n) is 2.69. The molecule has 0 fully saturated rings. The summed E-state index contributed by atoms with van der Waals surface area (Å²) in [6, 6.07) is 0. The van der Waals surface area contributed by atoms with Gasteiger partial charge >= 0.3 is 0 Å². The SMILES string of the molecule is [O]C(Cl)(Cl)C(Cl)(Cl)C(Cl)(Cl)C(Cl)(Cl)C(Cl)(Cl)C(Cl)(Cl)C(Cl)(Cl)C(Cl)(Cl)Cl. The first-order valence-corrected chi connectivity index (χ1v) is 11.6. The first kappa shape index (κ1) is 30.9. The van der Waals surface area contributed by atoms with Crippen LogP contribution in [0.25, 0.3) is 0 Å². The molecular weight excluding hydrogens is 715 g/mol. The smallest absolute Gasteiger partial charge is 0.190 e. The van der Waals surface area contributed by atoms with Gasteiger partial charge in [0, 0.05) is 0 Å². The summed E-state index contributed by atoms with van der Waals surface area (Å²) < 4.78 is -24.0. The van der Waals surface area contributed by atoms with Crippen molar-refractivity contribution >= 4 is 197 Å². The predicted octanol–water partition coefficient (Wildman–Crippen LogP) is 9.96. The molecule has 0 aliphatic carbocycles. The van der Waals surface area contributed by atoms with E-state index in [0.717, 1.165) is 0 Å². The molecule has 0 spiro atoms. The van der Waals surface area contributed by atoms with Crippen molar-refractivity contribution in [2.45, 2.75) is 34.3 Å². The van der Waals surface area contributed by atoms with Crippen LogP contribution in [-0.2, 0) is 5.11 Å². The molecule has 0 N–H and O–H groups in total. The minimum atomic E-state index is -3.31. The van der Waals surface area contributed by atoms with Crippen molar-refractivity contribution in [1.29, 1.82) is 0 Å². The van der Waals surface area contributed by atoms with Gasteiger partial charge in [-0.1, -0.05) is 197 Å². The second-order valence-electron chi connectivity index (χ2n) is 4.46. The average molecular weight is 715 g/mol. The molecule has 0 unspecified atom stereocenters. The fourth-order valence-corrected chi connectivity index (χ4v) is 5.93. The zero-order valence-corrected chi connectivity index (χ0v) is 23.7. The van der Waals surface area contributed by atoms with Gasteiger partial charge in [0.2, 0.25) is 12.5 Å². The quantitative estimate of drug-likeness (QED) is 0.244. The average Bonchev–Trinajstić information content (AvgIpc) is 2.34. The summed E-state index contributed by atoms with van der Waals surface area (Å²) in [5.74, 6) is 0. The van der Waals surface area contributed by atoms with Crippen LogP contribution in [0.2, 0.25) is 0 Å². The van der Waals surface area contributed by atoms with Crippen LogP contribution in [0.3, 0.4) is 0 Å². The Balaban J connectivity index is 6.61. The second-order valence-corrected chi connectivity index (χ2v) is 16.0. The molecule has 0 aliphatic rings. The molecule has 18 heteroatoms. The van der Waals surface area contributed by atoms with Gasteiger partial charge in [-0.15, -0.1) is 0 Å². The molecule has 0 rings (SSSR count). The van der Waals surface area contributed by atoms with Crippen molar-refractivity contribution in [3.05, 3.63) is 0 Å². The fourth-order valence-electron chi connectivity index (χ4n) is 1.15. The Bertz CT molecular complexity index is 474. The number of rotatable bonds is 6. The second kappa shape index (κ2) is 8.92. The lowest BCUT2D eigenvalue weighted by Crippen LogP contribution is -2.70. The number of hydrogen-bond acceptors (Lipinski definition) is 0. The molecule has 1 nitrogen and oxygen atoms in total. The Morgan fingerprint density at radius 3 is 0.692 bits per heavy atom. The maximum atomic E-state index is 11.9. The van der Waals surface area contributed by atoms with Gasteiger partial charge in [-0.3, -0.25) is 0 Å². The Hall–Kier alpha value is 4.89. The molecule has 0 aromatic heterocycles. The topological polar surface area (TPSA) is 19.9 Å². The van der Waals surface area contributed by atoms with Gasteiger partial charge in [-0.05, 0) is 0 Å². The van der Waals surface area contributed by atoms with E-state index in [0.29, 0.717) is 0 Å². The standard InChI is InChI=1S/C8Cl17O/c9-1(10,3(13,14)5(17,18)7(21,22)23)2(11,12)4(15,16)6(19,20)8(24,25)26. The van der Waals surface area contributed by atoms with Crippen LogP contribution in [0.5, 0.6) is 0 Å². The van der Waals surface area contributed by atoms with E-state index in [1.807, 2.05) is 0 Å². The molecule has 1 radical (unpaired) electrons. The molecule has 0 aromatic rings. The van der Waals surface area contributed by atoms with Crippen molar-refractivity contribution in [2.75, 3.05) is 0 Å². The van der Waals surface area contributed by atoms with E-state index in [2.05, 4.69) is 0 Å². The fraction of sp³-hybridized carbons (Fsp3) is 1.00. The predicted molar refractivity (Wildman–Crippen MR) is 122 cm³/mol. The van der Waals surface area contributed by atoms with Crippen LogP contribution < -0.4 is 0 Å². The molecule has 0 aliphatic heterocycles. The maximum Gasteiger partial charge on any atom is 0.286 e. The van der Waals surface area contributed by atoms with Crippen LogP contribution in [0.15, 0.2) is 0 Å². The van der Waals surface area contributed by atoms with E-state index >= 15 is 0 Å². The van der Waals surface area contributed by atoms with Gasteiger partial charge < -0.3 is 0 Å². The van der Waals surface area contributed by atoms with E-state index < -0.39 is 34.3 Å². The van der Waals surface area contributed by atoms with Gasteiger partial charge in [0.05, 0.1) is 0 Å². The molecule has 157 valence electrons. The summed E-state index contributed by atoms with van der Waals surface area (Å²) >= 11 is 99.1. The molecule has 0 amide bonds. The molecule has 0 atom stereocenters. The van der Waals surface area contributed by atoms with Crippen molar-refractivity contribution in [3.8, 4) is 0 Å². The summed E-state index contributed by atoms with van der Waals surface area (Å²) in [5.41, 5.74) is 0. The van der Waals surface area contributed by atoms with Crippen molar-refractivity contribution in [2.24, 2.45) is 0 Å². The van der Waals surface area contributed by atoms with Crippen LogP contribution in [0.4, 0.5) is 0 Å². The highest BCUT2D eigenvalue weighted by Gasteiger charge is 2.81. The third kappa shape index (κ3) is 4.88. The molecular formula is C8Cl17O. The molecule has 0 saturated carbocycles. The third-order valence-corrected chi connectivity index (χ3v) is 13.8. The number of hydrogen-bond donors (Lipinski definition) is 0. The molecule has 26 heavy (non-hydrogen) atoms. The zero-order valence-electron chi connectivity index (χ0n) is 10.8. The normalized spacial score (nSPS) is 16.8. The summed E-state index contributed by atoms with van der Waals surface area (Å²) in [7, 11) is 0. The highest BCUT2D eigenvalue weighted by molar-refractivity contribution is 6.83. The van der Waals surface area contributed by atoms with Gasteiger partial charge in [-0.25, -0.2) is 0 Å². The first-order chi connectivity index (χ1) is 10.8.